The maximum atomic E-state index is 11.8. The van der Waals surface area contributed by atoms with Crippen LogP contribution in [0.5, 0.6) is 5.75 Å². The summed E-state index contributed by atoms with van der Waals surface area (Å²) in [5, 5.41) is 15.9. The molecule has 1 amide bonds. The van der Waals surface area contributed by atoms with Gasteiger partial charge in [0.1, 0.15) is 5.75 Å². The number of amides is 1. The Labute approximate surface area is 115 Å². The van der Waals surface area contributed by atoms with Gasteiger partial charge in [-0.05, 0) is 33.3 Å². The van der Waals surface area contributed by atoms with Crippen molar-refractivity contribution in [2.75, 3.05) is 6.54 Å². The molecule has 4 heteroatoms. The van der Waals surface area contributed by atoms with Gasteiger partial charge in [-0.25, -0.2) is 0 Å². The van der Waals surface area contributed by atoms with Crippen molar-refractivity contribution in [1.29, 1.82) is 0 Å². The van der Waals surface area contributed by atoms with Crippen LogP contribution in [0, 0.1) is 6.92 Å². The zero-order chi connectivity index (χ0) is 14.4. The van der Waals surface area contributed by atoms with Crippen molar-refractivity contribution < 1.29 is 9.90 Å². The van der Waals surface area contributed by atoms with Crippen LogP contribution in [-0.4, -0.2) is 23.6 Å². The second-order valence-corrected chi connectivity index (χ2v) is 4.96. The molecule has 1 aromatic rings. The summed E-state index contributed by atoms with van der Waals surface area (Å²) in [7, 11) is 0. The first-order valence-corrected chi connectivity index (χ1v) is 6.79. The van der Waals surface area contributed by atoms with Gasteiger partial charge < -0.3 is 10.4 Å². The third-order valence-corrected chi connectivity index (χ3v) is 3.09. The summed E-state index contributed by atoms with van der Waals surface area (Å²) in [5.74, 6) is 0.243. The van der Waals surface area contributed by atoms with E-state index in [1.54, 1.807) is 6.07 Å². The molecular formula is C15H24N2O2. The lowest BCUT2D eigenvalue weighted by molar-refractivity contribution is -0.122. The first kappa shape index (κ1) is 15.5. The van der Waals surface area contributed by atoms with Crippen molar-refractivity contribution in [2.45, 2.75) is 46.2 Å². The van der Waals surface area contributed by atoms with Gasteiger partial charge in [-0.3, -0.25) is 10.1 Å². The monoisotopic (exact) mass is 264 g/mol. The first-order valence-electron chi connectivity index (χ1n) is 6.79. The van der Waals surface area contributed by atoms with Gasteiger partial charge in [0.15, 0.2) is 0 Å². The topological polar surface area (TPSA) is 61.4 Å². The molecule has 0 heterocycles. The normalized spacial score (nSPS) is 13.9. The Balaban J connectivity index is 2.65. The fraction of sp³-hybridized carbons (Fsp3) is 0.533. The zero-order valence-corrected chi connectivity index (χ0v) is 12.2. The Kier molecular flexibility index (Phi) is 5.83. The number of benzene rings is 1. The largest absolute Gasteiger partial charge is 0.508 e. The van der Waals surface area contributed by atoms with Gasteiger partial charge in [0.05, 0.1) is 6.04 Å². The van der Waals surface area contributed by atoms with Gasteiger partial charge >= 0.3 is 0 Å². The minimum absolute atomic E-state index is 0.0131. The number of carbonyl (C=O) groups excluding carboxylic acids is 1. The molecule has 0 saturated heterocycles. The maximum absolute atomic E-state index is 11.8. The minimum atomic E-state index is -0.290. The molecule has 1 rings (SSSR count). The molecule has 0 fully saturated rings. The molecule has 0 aliphatic rings. The molecule has 0 aliphatic carbocycles. The van der Waals surface area contributed by atoms with Gasteiger partial charge in [-0.1, -0.05) is 24.6 Å². The number of hydrogen-bond donors (Lipinski definition) is 3. The number of aromatic hydroxyl groups is 1. The molecule has 3 N–H and O–H groups in total. The average molecular weight is 264 g/mol. The van der Waals surface area contributed by atoms with Crippen molar-refractivity contribution >= 4 is 5.91 Å². The number of rotatable bonds is 6. The molecule has 106 valence electrons. The molecule has 0 aliphatic heterocycles. The molecule has 2 atom stereocenters. The van der Waals surface area contributed by atoms with Crippen LogP contribution < -0.4 is 10.6 Å². The standard InChI is InChI=1S/C15H24N2O2/c1-5-8-16-15(19)12(4)17-11(3)13-9-10(2)6-7-14(13)18/h6-7,9,11-12,17-18H,5,8H2,1-4H3,(H,16,19). The lowest BCUT2D eigenvalue weighted by Crippen LogP contribution is -2.43. The van der Waals surface area contributed by atoms with E-state index in [0.29, 0.717) is 6.54 Å². The van der Waals surface area contributed by atoms with Crippen molar-refractivity contribution in [1.82, 2.24) is 10.6 Å². The summed E-state index contributed by atoms with van der Waals surface area (Å²) in [6.45, 7) is 8.46. The second kappa shape index (κ2) is 7.14. The van der Waals surface area contributed by atoms with E-state index in [1.165, 1.54) is 0 Å². The highest BCUT2D eigenvalue weighted by atomic mass is 16.3. The van der Waals surface area contributed by atoms with Crippen LogP contribution in [-0.2, 0) is 4.79 Å². The molecule has 4 nitrogen and oxygen atoms in total. The van der Waals surface area contributed by atoms with E-state index in [2.05, 4.69) is 10.6 Å². The van der Waals surface area contributed by atoms with Crippen molar-refractivity contribution in [3.05, 3.63) is 29.3 Å². The summed E-state index contributed by atoms with van der Waals surface area (Å²) in [6.07, 6.45) is 0.923. The average Bonchev–Trinajstić information content (AvgIpc) is 2.38. The minimum Gasteiger partial charge on any atom is -0.508 e. The molecule has 1 aromatic carbocycles. The molecule has 0 spiro atoms. The van der Waals surface area contributed by atoms with Crippen molar-refractivity contribution in [2.24, 2.45) is 0 Å². The van der Waals surface area contributed by atoms with Crippen LogP contribution in [0.15, 0.2) is 18.2 Å². The Morgan fingerprint density at radius 1 is 1.37 bits per heavy atom. The maximum Gasteiger partial charge on any atom is 0.236 e. The molecule has 19 heavy (non-hydrogen) atoms. The van der Waals surface area contributed by atoms with E-state index in [9.17, 15) is 9.90 Å². The van der Waals surface area contributed by atoms with E-state index >= 15 is 0 Å². The second-order valence-electron chi connectivity index (χ2n) is 4.96. The quantitative estimate of drug-likeness (QED) is 0.738. The predicted molar refractivity (Wildman–Crippen MR) is 77.2 cm³/mol. The summed E-state index contributed by atoms with van der Waals surface area (Å²) in [5.41, 5.74) is 1.90. The van der Waals surface area contributed by atoms with E-state index in [-0.39, 0.29) is 23.7 Å². The van der Waals surface area contributed by atoms with Crippen LogP contribution in [0.25, 0.3) is 0 Å². The summed E-state index contributed by atoms with van der Waals surface area (Å²) in [6, 6.07) is 5.11. The van der Waals surface area contributed by atoms with Gasteiger partial charge in [0.25, 0.3) is 0 Å². The third kappa shape index (κ3) is 4.56. The molecule has 0 radical (unpaired) electrons. The fourth-order valence-electron chi connectivity index (χ4n) is 1.96. The van der Waals surface area contributed by atoms with E-state index in [1.807, 2.05) is 39.8 Å². The van der Waals surface area contributed by atoms with Crippen molar-refractivity contribution in [3.8, 4) is 5.75 Å². The lowest BCUT2D eigenvalue weighted by Gasteiger charge is -2.21. The fourth-order valence-corrected chi connectivity index (χ4v) is 1.96. The van der Waals surface area contributed by atoms with Gasteiger partial charge in [0.2, 0.25) is 5.91 Å². The van der Waals surface area contributed by atoms with Crippen LogP contribution in [0.1, 0.15) is 44.4 Å². The number of aryl methyl sites for hydroxylation is 1. The first-order chi connectivity index (χ1) is 8.95. The van der Waals surface area contributed by atoms with Gasteiger partial charge in [-0.2, -0.15) is 0 Å². The number of nitrogens with one attached hydrogen (secondary N) is 2. The smallest absolute Gasteiger partial charge is 0.236 e. The van der Waals surface area contributed by atoms with E-state index in [0.717, 1.165) is 17.5 Å². The Morgan fingerprint density at radius 3 is 2.68 bits per heavy atom. The van der Waals surface area contributed by atoms with Gasteiger partial charge in [0, 0.05) is 18.2 Å². The molecule has 0 bridgehead atoms. The number of hydrogen-bond acceptors (Lipinski definition) is 3. The molecule has 0 aromatic heterocycles. The zero-order valence-electron chi connectivity index (χ0n) is 12.2. The summed E-state index contributed by atoms with van der Waals surface area (Å²) < 4.78 is 0. The van der Waals surface area contributed by atoms with Crippen molar-refractivity contribution in [3.63, 3.8) is 0 Å². The highest BCUT2D eigenvalue weighted by molar-refractivity contribution is 5.81. The molecular weight excluding hydrogens is 240 g/mol. The van der Waals surface area contributed by atoms with Gasteiger partial charge in [-0.15, -0.1) is 0 Å². The highest BCUT2D eigenvalue weighted by Crippen LogP contribution is 2.25. The number of carbonyl (C=O) groups is 1. The SMILES string of the molecule is CCCNC(=O)C(C)NC(C)c1cc(C)ccc1O. The van der Waals surface area contributed by atoms with Crippen LogP contribution in [0.4, 0.5) is 0 Å². The third-order valence-electron chi connectivity index (χ3n) is 3.09. The predicted octanol–water partition coefficient (Wildman–Crippen LogP) is 2.27. The number of phenols is 1. The highest BCUT2D eigenvalue weighted by Gasteiger charge is 2.17. The van der Waals surface area contributed by atoms with Crippen LogP contribution in [0.2, 0.25) is 0 Å². The lowest BCUT2D eigenvalue weighted by atomic mass is 10.0. The van der Waals surface area contributed by atoms with Crippen LogP contribution >= 0.6 is 0 Å². The van der Waals surface area contributed by atoms with E-state index in [4.69, 9.17) is 0 Å². The van der Waals surface area contributed by atoms with Crippen LogP contribution in [0.3, 0.4) is 0 Å². The summed E-state index contributed by atoms with van der Waals surface area (Å²) in [4.78, 5) is 11.8. The Bertz CT molecular complexity index is 432. The summed E-state index contributed by atoms with van der Waals surface area (Å²) >= 11 is 0. The molecule has 2 unspecified atom stereocenters. The number of phenolic OH excluding ortho intramolecular Hbond substituents is 1. The Hall–Kier alpha value is -1.55. The Morgan fingerprint density at radius 2 is 2.05 bits per heavy atom. The van der Waals surface area contributed by atoms with E-state index < -0.39 is 0 Å². The molecule has 0 saturated carbocycles.